The zero-order valence-electron chi connectivity index (χ0n) is 6.10. The predicted molar refractivity (Wildman–Crippen MR) is 40.3 cm³/mol. The molecule has 3 nitrogen and oxygen atoms in total. The Labute approximate surface area is 71.7 Å². The van der Waals surface area contributed by atoms with E-state index in [1.54, 1.807) is 0 Å². The summed E-state index contributed by atoms with van der Waals surface area (Å²) < 4.78 is 34.5. The Kier molecular flexibility index (Phi) is 4.40. The van der Waals surface area contributed by atoms with Gasteiger partial charge in [-0.15, -0.1) is 0 Å². The third-order valence-corrected chi connectivity index (χ3v) is 1.83. The number of carbonyl (C=O) groups is 1. The molecule has 0 saturated heterocycles. The molecule has 0 aromatic carbocycles. The average molecular weight is 202 g/mol. The molecular weight excluding hydrogens is 193 g/mol. The van der Waals surface area contributed by atoms with Crippen LogP contribution in [0, 0.1) is 0 Å². The fourth-order valence-electron chi connectivity index (χ4n) is 0.444. The highest BCUT2D eigenvalue weighted by Gasteiger charge is 2.28. The van der Waals surface area contributed by atoms with E-state index < -0.39 is 17.5 Å². The lowest BCUT2D eigenvalue weighted by Crippen LogP contribution is -2.36. The monoisotopic (exact) mass is 202 g/mol. The van der Waals surface area contributed by atoms with Crippen molar-refractivity contribution in [2.24, 2.45) is 11.5 Å². The third kappa shape index (κ3) is 6.29. The lowest BCUT2D eigenvalue weighted by atomic mass is 10.2. The highest BCUT2D eigenvalue weighted by molar-refractivity contribution is 8.00. The fraction of sp³-hybridized carbons (Fsp3) is 0.800. The summed E-state index contributed by atoms with van der Waals surface area (Å²) in [5, 5.41) is 0. The van der Waals surface area contributed by atoms with Crippen LogP contribution in [0.25, 0.3) is 0 Å². The van der Waals surface area contributed by atoms with E-state index in [1.165, 1.54) is 0 Å². The van der Waals surface area contributed by atoms with Crippen molar-refractivity contribution in [1.29, 1.82) is 0 Å². The molecule has 4 N–H and O–H groups in total. The lowest BCUT2D eigenvalue weighted by molar-refractivity contribution is -0.119. The molecule has 0 aromatic rings. The standard InChI is InChI=1S/C5H9F3N2OS/c6-5(7,8)12-2-1-3(9)4(10)11/h3H,1-2,9H2,(H2,10,11)/t3-/m0/s1. The maximum Gasteiger partial charge on any atom is 0.441 e. The minimum Gasteiger partial charge on any atom is -0.368 e. The summed E-state index contributed by atoms with van der Waals surface area (Å²) in [7, 11) is 0. The molecule has 0 radical (unpaired) electrons. The van der Waals surface area contributed by atoms with E-state index in [0.717, 1.165) is 0 Å². The molecule has 0 bridgehead atoms. The summed E-state index contributed by atoms with van der Waals surface area (Å²) in [5.41, 5.74) is 5.56. The molecule has 0 fully saturated rings. The predicted octanol–water partition coefficient (Wildman–Crippen LogP) is 0.442. The van der Waals surface area contributed by atoms with Crippen molar-refractivity contribution >= 4 is 17.7 Å². The Balaban J connectivity index is 3.51. The van der Waals surface area contributed by atoms with E-state index in [0.29, 0.717) is 0 Å². The smallest absolute Gasteiger partial charge is 0.368 e. The Bertz CT molecular complexity index is 161. The van der Waals surface area contributed by atoms with Crippen molar-refractivity contribution in [2.75, 3.05) is 5.75 Å². The van der Waals surface area contributed by atoms with Crippen molar-refractivity contribution in [1.82, 2.24) is 0 Å². The summed E-state index contributed by atoms with van der Waals surface area (Å²) in [4.78, 5) is 10.3. The normalized spacial score (nSPS) is 14.3. The number of nitrogens with two attached hydrogens (primary N) is 2. The van der Waals surface area contributed by atoms with E-state index in [4.69, 9.17) is 11.5 Å². The molecule has 7 heteroatoms. The van der Waals surface area contributed by atoms with Gasteiger partial charge in [0.1, 0.15) is 0 Å². The summed E-state index contributed by atoms with van der Waals surface area (Å²) >= 11 is -0.208. The molecule has 0 aliphatic carbocycles. The second-order valence-corrected chi connectivity index (χ2v) is 3.25. The second-order valence-electron chi connectivity index (χ2n) is 2.09. The van der Waals surface area contributed by atoms with Gasteiger partial charge in [0.05, 0.1) is 6.04 Å². The number of hydrogen-bond acceptors (Lipinski definition) is 3. The Morgan fingerprint density at radius 1 is 1.50 bits per heavy atom. The van der Waals surface area contributed by atoms with Gasteiger partial charge in [-0.25, -0.2) is 0 Å². The van der Waals surface area contributed by atoms with Crippen LogP contribution in [0.4, 0.5) is 13.2 Å². The number of carbonyl (C=O) groups excluding carboxylic acids is 1. The molecule has 12 heavy (non-hydrogen) atoms. The van der Waals surface area contributed by atoms with Gasteiger partial charge in [0, 0.05) is 5.75 Å². The molecule has 0 aliphatic heterocycles. The van der Waals surface area contributed by atoms with Crippen molar-refractivity contribution in [2.45, 2.75) is 18.0 Å². The maximum atomic E-state index is 11.5. The summed E-state index contributed by atoms with van der Waals surface area (Å²) in [6, 6.07) is -0.986. The maximum absolute atomic E-state index is 11.5. The van der Waals surface area contributed by atoms with Gasteiger partial charge in [0.25, 0.3) is 0 Å². The number of rotatable bonds is 4. The number of alkyl halides is 3. The van der Waals surface area contributed by atoms with Gasteiger partial charge < -0.3 is 11.5 Å². The second kappa shape index (κ2) is 4.56. The van der Waals surface area contributed by atoms with Crippen molar-refractivity contribution in [3.8, 4) is 0 Å². The summed E-state index contributed by atoms with van der Waals surface area (Å²) in [6.45, 7) is 0. The van der Waals surface area contributed by atoms with Gasteiger partial charge >= 0.3 is 5.51 Å². The van der Waals surface area contributed by atoms with Gasteiger partial charge in [-0.05, 0) is 6.42 Å². The van der Waals surface area contributed by atoms with Gasteiger partial charge in [0.15, 0.2) is 0 Å². The van der Waals surface area contributed by atoms with Crippen LogP contribution >= 0.6 is 11.8 Å². The lowest BCUT2D eigenvalue weighted by Gasteiger charge is -2.08. The molecule has 0 aliphatic rings. The number of hydrogen-bond donors (Lipinski definition) is 2. The number of halogens is 3. The van der Waals surface area contributed by atoms with E-state index in [-0.39, 0.29) is 23.9 Å². The molecule has 0 spiro atoms. The van der Waals surface area contributed by atoms with E-state index in [2.05, 4.69) is 0 Å². The zero-order valence-corrected chi connectivity index (χ0v) is 6.91. The van der Waals surface area contributed by atoms with Crippen LogP contribution in [-0.2, 0) is 4.79 Å². The minimum atomic E-state index is -4.27. The van der Waals surface area contributed by atoms with Crippen LogP contribution in [-0.4, -0.2) is 23.2 Å². The van der Waals surface area contributed by atoms with Gasteiger partial charge in [-0.3, -0.25) is 4.79 Å². The third-order valence-electron chi connectivity index (χ3n) is 1.06. The van der Waals surface area contributed by atoms with Crippen LogP contribution < -0.4 is 11.5 Å². The highest BCUT2D eigenvalue weighted by atomic mass is 32.2. The van der Waals surface area contributed by atoms with E-state index in [9.17, 15) is 18.0 Å². The summed E-state index contributed by atoms with van der Waals surface area (Å²) in [5.74, 6) is -1.02. The zero-order chi connectivity index (χ0) is 9.78. The van der Waals surface area contributed by atoms with Gasteiger partial charge in [0.2, 0.25) is 5.91 Å². The van der Waals surface area contributed by atoms with E-state index >= 15 is 0 Å². The molecule has 1 amide bonds. The van der Waals surface area contributed by atoms with Gasteiger partial charge in [-0.2, -0.15) is 13.2 Å². The molecule has 0 unspecified atom stereocenters. The largest absolute Gasteiger partial charge is 0.441 e. The highest BCUT2D eigenvalue weighted by Crippen LogP contribution is 2.30. The van der Waals surface area contributed by atoms with Crippen LogP contribution in [0.2, 0.25) is 0 Å². The minimum absolute atomic E-state index is 0.0560. The first-order valence-corrected chi connectivity index (χ1v) is 4.07. The van der Waals surface area contributed by atoms with Crippen LogP contribution in [0.3, 0.4) is 0 Å². The van der Waals surface area contributed by atoms with Crippen molar-refractivity contribution in [3.05, 3.63) is 0 Å². The van der Waals surface area contributed by atoms with Crippen molar-refractivity contribution in [3.63, 3.8) is 0 Å². The number of amides is 1. The fourth-order valence-corrected chi connectivity index (χ4v) is 1.05. The molecule has 0 rings (SSSR count). The Morgan fingerprint density at radius 3 is 2.33 bits per heavy atom. The first kappa shape index (κ1) is 11.6. The Morgan fingerprint density at radius 2 is 2.00 bits per heavy atom. The summed E-state index contributed by atoms with van der Waals surface area (Å²) in [6.07, 6.45) is -0.0560. The van der Waals surface area contributed by atoms with Crippen LogP contribution in [0.15, 0.2) is 0 Å². The number of thioether (sulfide) groups is 1. The first-order chi connectivity index (χ1) is 5.33. The molecule has 0 saturated carbocycles. The quantitative estimate of drug-likeness (QED) is 0.695. The SMILES string of the molecule is NC(=O)[C@@H](N)CCSC(F)(F)F. The molecule has 0 aromatic heterocycles. The molecule has 1 atom stereocenters. The van der Waals surface area contributed by atoms with Gasteiger partial charge in [-0.1, -0.05) is 11.8 Å². The first-order valence-electron chi connectivity index (χ1n) is 3.08. The van der Waals surface area contributed by atoms with Crippen molar-refractivity contribution < 1.29 is 18.0 Å². The van der Waals surface area contributed by atoms with Crippen LogP contribution in [0.5, 0.6) is 0 Å². The molecule has 72 valence electrons. The number of primary amides is 1. The molecule has 0 heterocycles. The topological polar surface area (TPSA) is 69.1 Å². The van der Waals surface area contributed by atoms with Crippen LogP contribution in [0.1, 0.15) is 6.42 Å². The molecular formula is C5H9F3N2OS. The Hall–Kier alpha value is -0.430. The van der Waals surface area contributed by atoms with E-state index in [1.807, 2.05) is 0 Å². The average Bonchev–Trinajstić information content (AvgIpc) is 1.84.